The van der Waals surface area contributed by atoms with Crippen LogP contribution in [-0.4, -0.2) is 53.1 Å². The number of alkyl halides is 3. The van der Waals surface area contributed by atoms with Gasteiger partial charge in [-0.1, -0.05) is 6.58 Å². The highest BCUT2D eigenvalue weighted by molar-refractivity contribution is 5.95. The van der Waals surface area contributed by atoms with Crippen LogP contribution in [0.25, 0.3) is 27.6 Å². The van der Waals surface area contributed by atoms with Gasteiger partial charge < -0.3 is 20.1 Å². The van der Waals surface area contributed by atoms with Gasteiger partial charge in [0.25, 0.3) is 0 Å². The molecular weight excluding hydrogens is 554 g/mol. The van der Waals surface area contributed by atoms with Crippen molar-refractivity contribution in [1.82, 2.24) is 25.7 Å². The SMILES string of the molecule is C=C(C)c1cc(CNCCCCOCCNc2cc(-c3cnnc(C#N)c3)cc3[nH]ncc23)cc(F)c1OC(F)(F)F. The number of ether oxygens (including phenoxy) is 2. The summed E-state index contributed by atoms with van der Waals surface area (Å²) in [4.78, 5) is 0. The van der Waals surface area contributed by atoms with Gasteiger partial charge in [0.05, 0.1) is 24.5 Å². The molecule has 0 aliphatic carbocycles. The number of nitriles is 1. The largest absolute Gasteiger partial charge is 0.573 e. The number of benzene rings is 2. The van der Waals surface area contributed by atoms with Crippen LogP contribution in [0.5, 0.6) is 5.75 Å². The predicted molar refractivity (Wildman–Crippen MR) is 150 cm³/mol. The number of anilines is 1. The van der Waals surface area contributed by atoms with Gasteiger partial charge in [-0.25, -0.2) is 4.39 Å². The Morgan fingerprint density at radius 3 is 2.67 bits per heavy atom. The van der Waals surface area contributed by atoms with Crippen LogP contribution in [0.3, 0.4) is 0 Å². The normalized spacial score (nSPS) is 11.4. The molecule has 3 N–H and O–H groups in total. The number of H-pyrrole nitrogens is 1. The molecule has 0 spiro atoms. The maximum Gasteiger partial charge on any atom is 0.573 e. The third-order valence-corrected chi connectivity index (χ3v) is 6.23. The molecule has 0 radical (unpaired) electrons. The highest BCUT2D eigenvalue weighted by atomic mass is 19.4. The smallest absolute Gasteiger partial charge is 0.402 e. The minimum Gasteiger partial charge on any atom is -0.402 e. The lowest BCUT2D eigenvalue weighted by Crippen LogP contribution is -2.20. The van der Waals surface area contributed by atoms with Gasteiger partial charge in [0.15, 0.2) is 17.3 Å². The van der Waals surface area contributed by atoms with Crippen LogP contribution in [0, 0.1) is 17.1 Å². The van der Waals surface area contributed by atoms with Crippen molar-refractivity contribution in [1.29, 1.82) is 5.26 Å². The number of halogens is 4. The summed E-state index contributed by atoms with van der Waals surface area (Å²) in [6.45, 7) is 7.60. The molecule has 2 aromatic heterocycles. The van der Waals surface area contributed by atoms with Crippen LogP contribution in [0.2, 0.25) is 0 Å². The molecule has 42 heavy (non-hydrogen) atoms. The molecule has 0 unspecified atom stereocenters. The van der Waals surface area contributed by atoms with Crippen LogP contribution in [0.15, 0.2) is 49.3 Å². The molecule has 0 saturated heterocycles. The Kier molecular flexibility index (Phi) is 10.1. The predicted octanol–water partition coefficient (Wildman–Crippen LogP) is 5.96. The van der Waals surface area contributed by atoms with Crippen molar-refractivity contribution in [3.8, 4) is 22.9 Å². The number of nitrogens with zero attached hydrogens (tertiary/aromatic N) is 4. The van der Waals surface area contributed by atoms with Crippen LogP contribution in [0.1, 0.15) is 36.6 Å². The van der Waals surface area contributed by atoms with Crippen LogP contribution in [-0.2, 0) is 11.3 Å². The lowest BCUT2D eigenvalue weighted by Gasteiger charge is -2.16. The van der Waals surface area contributed by atoms with Gasteiger partial charge in [-0.2, -0.15) is 15.5 Å². The molecule has 2 heterocycles. The number of allylic oxidation sites excluding steroid dienone is 1. The molecule has 0 aliphatic rings. The summed E-state index contributed by atoms with van der Waals surface area (Å²) in [7, 11) is 0. The van der Waals surface area contributed by atoms with Gasteiger partial charge in [-0.15, -0.1) is 18.3 Å². The Balaban J connectivity index is 1.18. The molecule has 4 aromatic rings. The number of rotatable bonds is 14. The fourth-order valence-electron chi connectivity index (χ4n) is 4.28. The molecule has 4 rings (SSSR count). The first-order valence-electron chi connectivity index (χ1n) is 13.1. The number of unbranched alkanes of at least 4 members (excludes halogenated alkanes) is 1. The molecule has 9 nitrogen and oxygen atoms in total. The second kappa shape index (κ2) is 13.9. The van der Waals surface area contributed by atoms with Gasteiger partial charge in [0.2, 0.25) is 0 Å². The summed E-state index contributed by atoms with van der Waals surface area (Å²) in [5, 5.41) is 31.3. The van der Waals surface area contributed by atoms with Gasteiger partial charge in [0.1, 0.15) is 6.07 Å². The monoisotopic (exact) mass is 583 g/mol. The average Bonchev–Trinajstić information content (AvgIpc) is 3.43. The first-order chi connectivity index (χ1) is 20.1. The zero-order chi connectivity index (χ0) is 30.1. The third kappa shape index (κ3) is 8.25. The number of hydrogen-bond acceptors (Lipinski definition) is 8. The first kappa shape index (κ1) is 30.4. The number of hydrogen-bond donors (Lipinski definition) is 3. The summed E-state index contributed by atoms with van der Waals surface area (Å²) in [5.41, 5.74) is 4.29. The van der Waals surface area contributed by atoms with E-state index in [9.17, 15) is 17.6 Å². The van der Waals surface area contributed by atoms with Gasteiger partial charge in [-0.3, -0.25) is 5.10 Å². The summed E-state index contributed by atoms with van der Waals surface area (Å²) >= 11 is 0. The van der Waals surface area contributed by atoms with Crippen molar-refractivity contribution >= 4 is 22.2 Å². The van der Waals surface area contributed by atoms with Crippen molar-refractivity contribution in [3.05, 3.63) is 71.9 Å². The molecule has 0 fully saturated rings. The van der Waals surface area contributed by atoms with Crippen molar-refractivity contribution in [3.63, 3.8) is 0 Å². The third-order valence-electron chi connectivity index (χ3n) is 6.23. The summed E-state index contributed by atoms with van der Waals surface area (Å²) in [6.07, 6.45) is -0.0850. The molecule has 0 saturated carbocycles. The van der Waals surface area contributed by atoms with Crippen LogP contribution >= 0.6 is 0 Å². The zero-order valence-corrected chi connectivity index (χ0v) is 22.8. The van der Waals surface area contributed by atoms with E-state index in [2.05, 4.69) is 42.3 Å². The number of nitrogens with one attached hydrogen (secondary N) is 3. The molecule has 0 amide bonds. The Morgan fingerprint density at radius 2 is 1.90 bits per heavy atom. The molecule has 13 heteroatoms. The van der Waals surface area contributed by atoms with Crippen molar-refractivity contribution in [2.75, 3.05) is 31.6 Å². The minimum absolute atomic E-state index is 0.0196. The summed E-state index contributed by atoms with van der Waals surface area (Å²) < 4.78 is 61.9. The maximum absolute atomic E-state index is 14.3. The fraction of sp³-hybridized carbons (Fsp3) is 0.310. The molecule has 0 bridgehead atoms. The molecular formula is C29H29F4N7O2. The molecule has 0 aliphatic heterocycles. The maximum atomic E-state index is 14.3. The van der Waals surface area contributed by atoms with E-state index >= 15 is 0 Å². The highest BCUT2D eigenvalue weighted by Crippen LogP contribution is 2.34. The van der Waals surface area contributed by atoms with E-state index in [-0.39, 0.29) is 23.4 Å². The van der Waals surface area contributed by atoms with Gasteiger partial charge in [0, 0.05) is 41.9 Å². The van der Waals surface area contributed by atoms with Gasteiger partial charge in [-0.05, 0) is 73.3 Å². The van der Waals surface area contributed by atoms with E-state index in [0.29, 0.717) is 31.9 Å². The van der Waals surface area contributed by atoms with Gasteiger partial charge >= 0.3 is 6.36 Å². The fourth-order valence-corrected chi connectivity index (χ4v) is 4.28. The lowest BCUT2D eigenvalue weighted by molar-refractivity contribution is -0.275. The Hall–Kier alpha value is -4.54. The number of aromatic nitrogens is 4. The summed E-state index contributed by atoms with van der Waals surface area (Å²) in [5.74, 6) is -1.96. The Bertz CT molecular complexity index is 1580. The van der Waals surface area contributed by atoms with E-state index < -0.39 is 17.9 Å². The zero-order valence-electron chi connectivity index (χ0n) is 22.8. The summed E-state index contributed by atoms with van der Waals surface area (Å²) in [6, 6.07) is 10.0. The first-order valence-corrected chi connectivity index (χ1v) is 13.1. The van der Waals surface area contributed by atoms with Crippen molar-refractivity contribution in [2.45, 2.75) is 32.7 Å². The highest BCUT2D eigenvalue weighted by Gasteiger charge is 2.34. The quantitative estimate of drug-likeness (QED) is 0.123. The van der Waals surface area contributed by atoms with Crippen molar-refractivity contribution in [2.24, 2.45) is 0 Å². The molecule has 0 atom stereocenters. The molecule has 2 aromatic carbocycles. The topological polar surface area (TPSA) is 121 Å². The second-order valence-electron chi connectivity index (χ2n) is 9.50. The Morgan fingerprint density at radius 1 is 1.07 bits per heavy atom. The van der Waals surface area contributed by atoms with E-state index in [1.807, 2.05) is 18.2 Å². The standard InChI is InChI=1S/C29H29F4N7O2/c1-18(2)23-9-19(10-25(30)28(23)42-29(31,32)33)15-35-5-3-4-7-41-8-6-36-26-12-20(13-27-24(26)17-38-40-27)21-11-22(14-34)39-37-16-21/h9-13,16-17,35-36H,1,3-8,15H2,2H3,(H,38,40). The van der Waals surface area contributed by atoms with Crippen molar-refractivity contribution < 1.29 is 27.0 Å². The second-order valence-corrected chi connectivity index (χ2v) is 9.50. The lowest BCUT2D eigenvalue weighted by atomic mass is 10.0. The van der Waals surface area contributed by atoms with Crippen LogP contribution in [0.4, 0.5) is 23.2 Å². The minimum atomic E-state index is -5.00. The van der Waals surface area contributed by atoms with Crippen LogP contribution < -0.4 is 15.4 Å². The molecule has 220 valence electrons. The van der Waals surface area contributed by atoms with E-state index in [4.69, 9.17) is 10.00 Å². The van der Waals surface area contributed by atoms with E-state index in [1.54, 1.807) is 18.5 Å². The number of fused-ring (bicyclic) bond motifs is 1. The van der Waals surface area contributed by atoms with E-state index in [0.717, 1.165) is 46.6 Å². The average molecular weight is 584 g/mol. The van der Waals surface area contributed by atoms with E-state index in [1.165, 1.54) is 13.0 Å². The Labute approximate surface area is 239 Å². The number of aromatic amines is 1.